The number of anilines is 2. The van der Waals surface area contributed by atoms with Gasteiger partial charge in [-0.25, -0.2) is 17.8 Å². The smallest absolute Gasteiger partial charge is 0.406 e. The van der Waals surface area contributed by atoms with E-state index in [1.165, 1.54) is 18.2 Å². The Bertz CT molecular complexity index is 1330. The highest BCUT2D eigenvalue weighted by Crippen LogP contribution is 2.44. The third-order valence-electron chi connectivity index (χ3n) is 5.19. The summed E-state index contributed by atoms with van der Waals surface area (Å²) in [6.07, 6.45) is -3.66. The second kappa shape index (κ2) is 8.54. The summed E-state index contributed by atoms with van der Waals surface area (Å²) in [5.41, 5.74) is 1.06. The molecule has 2 aromatic carbocycles. The standard InChI is InChI=1S/C20H17ClF4N4O3S2/c1-19(2)9-29(16-4-3-12(6-13(16)19)32-20(23,24)25)8-11-5-15(22)17(7-14(11)21)34(30,31)28-18-26-10-27-33-18/h3-7,10H,8-9H2,1-2H3,(H,26,27,28). The van der Waals surface area contributed by atoms with Crippen molar-refractivity contribution in [1.82, 2.24) is 9.36 Å². The van der Waals surface area contributed by atoms with E-state index in [0.29, 0.717) is 23.4 Å². The second-order valence-electron chi connectivity index (χ2n) is 8.19. The van der Waals surface area contributed by atoms with Gasteiger partial charge in [-0.15, -0.1) is 13.2 Å². The highest BCUT2D eigenvalue weighted by molar-refractivity contribution is 7.93. The van der Waals surface area contributed by atoms with E-state index in [-0.39, 0.29) is 22.4 Å². The van der Waals surface area contributed by atoms with Crippen molar-refractivity contribution in [3.63, 3.8) is 0 Å². The molecular weight excluding hydrogens is 520 g/mol. The molecule has 0 fully saturated rings. The minimum Gasteiger partial charge on any atom is -0.406 e. The van der Waals surface area contributed by atoms with Crippen LogP contribution in [0.5, 0.6) is 5.75 Å². The molecule has 182 valence electrons. The number of rotatable bonds is 6. The number of aromatic nitrogens is 2. The van der Waals surface area contributed by atoms with Crippen LogP contribution in [-0.4, -0.2) is 30.7 Å². The monoisotopic (exact) mass is 536 g/mol. The summed E-state index contributed by atoms with van der Waals surface area (Å²) in [7, 11) is -4.29. The number of fused-ring (bicyclic) bond motifs is 1. The first-order valence-corrected chi connectivity index (χ1v) is 12.3. The van der Waals surface area contributed by atoms with Gasteiger partial charge in [0.2, 0.25) is 5.13 Å². The van der Waals surface area contributed by atoms with Crippen LogP contribution in [0.25, 0.3) is 0 Å². The Labute approximate surface area is 201 Å². The van der Waals surface area contributed by atoms with Gasteiger partial charge in [0.1, 0.15) is 22.8 Å². The van der Waals surface area contributed by atoms with E-state index < -0.39 is 32.5 Å². The van der Waals surface area contributed by atoms with Crippen molar-refractivity contribution in [3.8, 4) is 5.75 Å². The topological polar surface area (TPSA) is 84.4 Å². The molecule has 0 unspecified atom stereocenters. The Morgan fingerprint density at radius 1 is 1.26 bits per heavy atom. The van der Waals surface area contributed by atoms with Crippen LogP contribution in [0.15, 0.2) is 41.6 Å². The quantitative estimate of drug-likeness (QED) is 0.429. The summed E-state index contributed by atoms with van der Waals surface area (Å²) in [6.45, 7) is 4.24. The number of ether oxygens (including phenoxy) is 1. The largest absolute Gasteiger partial charge is 0.573 e. The van der Waals surface area contributed by atoms with Gasteiger partial charge in [0.05, 0.1) is 0 Å². The number of benzene rings is 2. The van der Waals surface area contributed by atoms with Crippen LogP contribution in [-0.2, 0) is 22.0 Å². The van der Waals surface area contributed by atoms with E-state index >= 15 is 0 Å². The number of halogens is 5. The SMILES string of the molecule is CC1(C)CN(Cc2cc(F)c(S(=O)(=O)Nc3ncns3)cc2Cl)c2ccc(OC(F)(F)F)cc21. The third-order valence-corrected chi connectivity index (χ3v) is 7.61. The first kappa shape index (κ1) is 24.5. The third kappa shape index (κ3) is 5.05. The number of nitrogens with one attached hydrogen (secondary N) is 1. The van der Waals surface area contributed by atoms with E-state index in [9.17, 15) is 26.0 Å². The molecule has 0 saturated carbocycles. The molecule has 7 nitrogen and oxygen atoms in total. The molecule has 1 aliphatic heterocycles. The average molecular weight is 537 g/mol. The second-order valence-corrected chi connectivity index (χ2v) is 11.0. The van der Waals surface area contributed by atoms with Gasteiger partial charge in [0.15, 0.2) is 0 Å². The summed E-state index contributed by atoms with van der Waals surface area (Å²) in [5, 5.41) is -0.00769. The number of alkyl halides is 3. The Balaban J connectivity index is 1.61. The summed E-state index contributed by atoms with van der Waals surface area (Å²) in [4.78, 5) is 4.90. The predicted molar refractivity (Wildman–Crippen MR) is 119 cm³/mol. The molecule has 0 radical (unpaired) electrons. The van der Waals surface area contributed by atoms with Crippen LogP contribution in [0.4, 0.5) is 28.4 Å². The van der Waals surface area contributed by atoms with Crippen LogP contribution < -0.4 is 14.4 Å². The van der Waals surface area contributed by atoms with E-state index in [0.717, 1.165) is 30.0 Å². The first-order chi connectivity index (χ1) is 15.7. The van der Waals surface area contributed by atoms with E-state index in [1.54, 1.807) is 0 Å². The summed E-state index contributed by atoms with van der Waals surface area (Å²) < 4.78 is 87.6. The minimum absolute atomic E-state index is 0.0160. The number of nitrogens with zero attached hydrogens (tertiary/aromatic N) is 3. The lowest BCUT2D eigenvalue weighted by molar-refractivity contribution is -0.274. The maximum Gasteiger partial charge on any atom is 0.573 e. The van der Waals surface area contributed by atoms with Crippen molar-refractivity contribution >= 4 is 44.0 Å². The molecule has 1 N–H and O–H groups in total. The zero-order valence-corrected chi connectivity index (χ0v) is 20.0. The van der Waals surface area contributed by atoms with E-state index in [2.05, 4.69) is 18.8 Å². The molecule has 34 heavy (non-hydrogen) atoms. The normalized spacial score (nSPS) is 15.3. The lowest BCUT2D eigenvalue weighted by Crippen LogP contribution is -2.28. The summed E-state index contributed by atoms with van der Waals surface area (Å²) >= 11 is 7.10. The molecule has 0 bridgehead atoms. The lowest BCUT2D eigenvalue weighted by Gasteiger charge is -2.23. The van der Waals surface area contributed by atoms with Crippen molar-refractivity contribution in [3.05, 3.63) is 58.6 Å². The predicted octanol–water partition coefficient (Wildman–Crippen LogP) is 5.33. The zero-order valence-electron chi connectivity index (χ0n) is 17.7. The van der Waals surface area contributed by atoms with Crippen molar-refractivity contribution < 1.29 is 30.7 Å². The van der Waals surface area contributed by atoms with E-state index in [4.69, 9.17) is 11.6 Å². The highest BCUT2D eigenvalue weighted by atomic mass is 35.5. The van der Waals surface area contributed by atoms with Gasteiger partial charge in [-0.3, -0.25) is 4.72 Å². The molecule has 1 aliphatic rings. The molecule has 0 amide bonds. The van der Waals surface area contributed by atoms with Crippen LogP contribution >= 0.6 is 23.1 Å². The summed E-state index contributed by atoms with van der Waals surface area (Å²) in [6, 6.07) is 6.08. The minimum atomic E-state index is -4.81. The van der Waals surface area contributed by atoms with Gasteiger partial charge in [0.25, 0.3) is 10.0 Å². The molecule has 14 heteroatoms. The van der Waals surface area contributed by atoms with Gasteiger partial charge < -0.3 is 9.64 Å². The Morgan fingerprint density at radius 3 is 2.65 bits per heavy atom. The molecule has 3 aromatic rings. The Morgan fingerprint density at radius 2 is 2.00 bits per heavy atom. The number of hydrogen-bond donors (Lipinski definition) is 1. The van der Waals surface area contributed by atoms with Crippen molar-refractivity contribution in [2.75, 3.05) is 16.2 Å². The molecule has 0 atom stereocenters. The molecule has 0 aliphatic carbocycles. The van der Waals surface area contributed by atoms with Crippen molar-refractivity contribution in [2.24, 2.45) is 0 Å². The van der Waals surface area contributed by atoms with Crippen molar-refractivity contribution in [1.29, 1.82) is 0 Å². The maximum absolute atomic E-state index is 14.8. The Kier molecular flexibility index (Phi) is 6.15. The van der Waals surface area contributed by atoms with Crippen LogP contribution in [0.1, 0.15) is 25.0 Å². The lowest BCUT2D eigenvalue weighted by atomic mass is 9.87. The molecular formula is C20H17ClF4N4O3S2. The van der Waals surface area contributed by atoms with Gasteiger partial charge in [-0.05, 0) is 41.5 Å². The van der Waals surface area contributed by atoms with Gasteiger partial charge >= 0.3 is 6.36 Å². The first-order valence-electron chi connectivity index (χ1n) is 9.68. The molecule has 2 heterocycles. The molecule has 0 spiro atoms. The van der Waals surface area contributed by atoms with Crippen molar-refractivity contribution in [2.45, 2.75) is 37.1 Å². The average Bonchev–Trinajstić information content (AvgIpc) is 3.28. The van der Waals surface area contributed by atoms with Crippen LogP contribution in [0, 0.1) is 5.82 Å². The van der Waals surface area contributed by atoms with Gasteiger partial charge in [-0.2, -0.15) is 4.37 Å². The highest BCUT2D eigenvalue weighted by Gasteiger charge is 2.37. The fourth-order valence-corrected chi connectivity index (χ4v) is 5.85. The molecule has 0 saturated heterocycles. The molecule has 1 aromatic heterocycles. The fourth-order valence-electron chi connectivity index (χ4n) is 3.81. The maximum atomic E-state index is 14.8. The number of sulfonamides is 1. The zero-order chi connectivity index (χ0) is 24.9. The number of hydrogen-bond acceptors (Lipinski definition) is 7. The Hall–Kier alpha value is -2.64. The fraction of sp³-hybridized carbons (Fsp3) is 0.300. The van der Waals surface area contributed by atoms with Crippen LogP contribution in [0.3, 0.4) is 0 Å². The van der Waals surface area contributed by atoms with Gasteiger partial charge in [-0.1, -0.05) is 25.4 Å². The molecule has 4 rings (SSSR count). The van der Waals surface area contributed by atoms with Crippen LogP contribution in [0.2, 0.25) is 5.02 Å². The van der Waals surface area contributed by atoms with Gasteiger partial charge in [0, 0.05) is 40.7 Å². The van der Waals surface area contributed by atoms with E-state index in [1.807, 2.05) is 18.7 Å². The summed E-state index contributed by atoms with van der Waals surface area (Å²) in [5.74, 6) is -1.34.